The monoisotopic (exact) mass is 421 g/mol. The Morgan fingerprint density at radius 1 is 1.11 bits per heavy atom. The minimum Gasteiger partial charge on any atom is -0.366 e. The number of piperidine rings is 1. The molecule has 1 fully saturated rings. The molecule has 0 aromatic heterocycles. The summed E-state index contributed by atoms with van der Waals surface area (Å²) in [5, 5.41) is 0.778. The summed E-state index contributed by atoms with van der Waals surface area (Å²) in [7, 11) is -3.60. The second-order valence-electron chi connectivity index (χ2n) is 7.05. The summed E-state index contributed by atoms with van der Waals surface area (Å²) in [6.07, 6.45) is 1.85. The number of nitrogens with two attached hydrogens (primary N) is 1. The Bertz CT molecular complexity index is 924. The van der Waals surface area contributed by atoms with Crippen LogP contribution in [0.15, 0.2) is 53.4 Å². The first kappa shape index (κ1) is 20.8. The van der Waals surface area contributed by atoms with E-state index >= 15 is 0 Å². The average molecular weight is 422 g/mol. The zero-order valence-corrected chi connectivity index (χ0v) is 17.0. The van der Waals surface area contributed by atoms with E-state index in [1.165, 1.54) is 24.3 Å². The van der Waals surface area contributed by atoms with Crippen LogP contribution in [-0.2, 0) is 16.6 Å². The Morgan fingerprint density at radius 2 is 1.75 bits per heavy atom. The Balaban J connectivity index is 1.49. The van der Waals surface area contributed by atoms with Crippen LogP contribution in [0.3, 0.4) is 0 Å². The predicted molar refractivity (Wildman–Crippen MR) is 110 cm³/mol. The molecule has 3 N–H and O–H groups in total. The summed E-state index contributed by atoms with van der Waals surface area (Å²) in [6, 6.07) is 13.5. The number of amides is 1. The fraction of sp³-hybridized carbons (Fsp3) is 0.350. The van der Waals surface area contributed by atoms with E-state index in [0.29, 0.717) is 12.5 Å². The summed E-state index contributed by atoms with van der Waals surface area (Å²) in [5.74, 6) is -0.289. The molecule has 1 aliphatic heterocycles. The Hall–Kier alpha value is -1.93. The first-order valence-corrected chi connectivity index (χ1v) is 11.1. The number of likely N-dealkylation sites (tertiary alicyclic amines) is 1. The maximum atomic E-state index is 12.4. The van der Waals surface area contributed by atoms with Gasteiger partial charge in [0.15, 0.2) is 0 Å². The largest absolute Gasteiger partial charge is 0.366 e. The van der Waals surface area contributed by atoms with Gasteiger partial charge in [0.25, 0.3) is 0 Å². The number of halogens is 1. The van der Waals surface area contributed by atoms with Gasteiger partial charge in [0.1, 0.15) is 0 Å². The third-order valence-electron chi connectivity index (χ3n) is 5.07. The molecule has 0 unspecified atom stereocenters. The van der Waals surface area contributed by atoms with Crippen molar-refractivity contribution >= 4 is 27.5 Å². The minimum atomic E-state index is -3.60. The fourth-order valence-electron chi connectivity index (χ4n) is 3.33. The van der Waals surface area contributed by atoms with Crippen LogP contribution in [0.4, 0.5) is 0 Å². The van der Waals surface area contributed by atoms with Gasteiger partial charge < -0.3 is 5.73 Å². The molecule has 0 spiro atoms. The molecule has 6 nitrogen and oxygen atoms in total. The number of primary amides is 1. The quantitative estimate of drug-likeness (QED) is 0.718. The zero-order valence-electron chi connectivity index (χ0n) is 15.5. The van der Waals surface area contributed by atoms with Crippen LogP contribution < -0.4 is 10.5 Å². The smallest absolute Gasteiger partial charge is 0.248 e. The van der Waals surface area contributed by atoms with Crippen molar-refractivity contribution in [3.8, 4) is 0 Å². The van der Waals surface area contributed by atoms with Crippen molar-refractivity contribution in [3.63, 3.8) is 0 Å². The Kier molecular flexibility index (Phi) is 6.72. The molecule has 0 bridgehead atoms. The molecule has 0 saturated carbocycles. The first-order valence-electron chi connectivity index (χ1n) is 9.20. The first-order chi connectivity index (χ1) is 13.3. The highest BCUT2D eigenvalue weighted by molar-refractivity contribution is 7.89. The SMILES string of the molecule is NC(=O)c1ccc(S(=O)(=O)NCC2CCN(Cc3ccccc3Cl)CC2)cc1. The van der Waals surface area contributed by atoms with Gasteiger partial charge in [-0.3, -0.25) is 9.69 Å². The summed E-state index contributed by atoms with van der Waals surface area (Å²) in [5.41, 5.74) is 6.58. The lowest BCUT2D eigenvalue weighted by Crippen LogP contribution is -2.38. The van der Waals surface area contributed by atoms with Crippen LogP contribution in [0.5, 0.6) is 0 Å². The number of hydrogen-bond donors (Lipinski definition) is 2. The maximum Gasteiger partial charge on any atom is 0.248 e. The Morgan fingerprint density at radius 3 is 2.36 bits per heavy atom. The van der Waals surface area contributed by atoms with Gasteiger partial charge in [0, 0.05) is 23.7 Å². The van der Waals surface area contributed by atoms with Gasteiger partial charge in [-0.25, -0.2) is 13.1 Å². The van der Waals surface area contributed by atoms with Crippen LogP contribution >= 0.6 is 11.6 Å². The number of benzene rings is 2. The van der Waals surface area contributed by atoms with Crippen molar-refractivity contribution in [1.29, 1.82) is 0 Å². The highest BCUT2D eigenvalue weighted by Crippen LogP contribution is 2.22. The number of sulfonamides is 1. The van der Waals surface area contributed by atoms with Crippen molar-refractivity contribution in [1.82, 2.24) is 9.62 Å². The molecule has 0 aliphatic carbocycles. The van der Waals surface area contributed by atoms with E-state index in [4.69, 9.17) is 17.3 Å². The molecule has 28 heavy (non-hydrogen) atoms. The van der Waals surface area contributed by atoms with Gasteiger partial charge >= 0.3 is 0 Å². The number of nitrogens with one attached hydrogen (secondary N) is 1. The molecule has 1 amide bonds. The molecule has 1 heterocycles. The van der Waals surface area contributed by atoms with Gasteiger partial charge in [-0.15, -0.1) is 0 Å². The molecular weight excluding hydrogens is 398 g/mol. The molecular formula is C20H24ClN3O3S. The number of nitrogens with zero attached hydrogens (tertiary/aromatic N) is 1. The summed E-state index contributed by atoms with van der Waals surface area (Å²) < 4.78 is 27.6. The van der Waals surface area contributed by atoms with E-state index in [1.807, 2.05) is 24.3 Å². The highest BCUT2D eigenvalue weighted by Gasteiger charge is 2.22. The fourth-order valence-corrected chi connectivity index (χ4v) is 4.64. The van der Waals surface area contributed by atoms with Crippen LogP contribution in [-0.4, -0.2) is 38.9 Å². The van der Waals surface area contributed by atoms with E-state index in [1.54, 1.807) is 0 Å². The molecule has 2 aromatic rings. The second-order valence-corrected chi connectivity index (χ2v) is 9.23. The predicted octanol–water partition coefficient (Wildman–Crippen LogP) is 2.63. The van der Waals surface area contributed by atoms with E-state index in [9.17, 15) is 13.2 Å². The lowest BCUT2D eigenvalue weighted by Gasteiger charge is -2.32. The van der Waals surface area contributed by atoms with E-state index in [2.05, 4.69) is 9.62 Å². The summed E-state index contributed by atoms with van der Waals surface area (Å²) in [6.45, 7) is 3.03. The molecule has 150 valence electrons. The Labute approximate surface area is 170 Å². The van der Waals surface area contributed by atoms with Crippen molar-refractivity contribution in [2.75, 3.05) is 19.6 Å². The van der Waals surface area contributed by atoms with E-state index in [0.717, 1.165) is 43.1 Å². The molecule has 3 rings (SSSR count). The number of carbonyl (C=O) groups excluding carboxylic acids is 1. The third kappa shape index (κ3) is 5.32. The number of hydrogen-bond acceptors (Lipinski definition) is 4. The maximum absolute atomic E-state index is 12.4. The third-order valence-corrected chi connectivity index (χ3v) is 6.88. The lowest BCUT2D eigenvalue weighted by atomic mass is 9.97. The molecule has 0 atom stereocenters. The molecule has 8 heteroatoms. The molecule has 2 aromatic carbocycles. The van der Waals surface area contributed by atoms with Crippen LogP contribution in [0, 0.1) is 5.92 Å². The van der Waals surface area contributed by atoms with Crippen molar-refractivity contribution in [3.05, 3.63) is 64.7 Å². The van der Waals surface area contributed by atoms with Crippen molar-refractivity contribution in [2.45, 2.75) is 24.3 Å². The molecule has 0 radical (unpaired) electrons. The number of carbonyl (C=O) groups is 1. The van der Waals surface area contributed by atoms with Gasteiger partial charge in [0.2, 0.25) is 15.9 Å². The van der Waals surface area contributed by atoms with Gasteiger partial charge in [-0.2, -0.15) is 0 Å². The highest BCUT2D eigenvalue weighted by atomic mass is 35.5. The van der Waals surface area contributed by atoms with Gasteiger partial charge in [0.05, 0.1) is 4.90 Å². The number of rotatable bonds is 7. The van der Waals surface area contributed by atoms with Crippen LogP contribution in [0.25, 0.3) is 0 Å². The molecule has 1 saturated heterocycles. The second kappa shape index (κ2) is 9.05. The average Bonchev–Trinajstić information content (AvgIpc) is 2.69. The van der Waals surface area contributed by atoms with E-state index in [-0.39, 0.29) is 10.5 Å². The molecule has 1 aliphatic rings. The van der Waals surface area contributed by atoms with E-state index < -0.39 is 15.9 Å². The normalized spacial score (nSPS) is 16.2. The topological polar surface area (TPSA) is 92.5 Å². The van der Waals surface area contributed by atoms with Crippen molar-refractivity contribution in [2.24, 2.45) is 11.7 Å². The van der Waals surface area contributed by atoms with Crippen LogP contribution in [0.1, 0.15) is 28.8 Å². The summed E-state index contributed by atoms with van der Waals surface area (Å²) >= 11 is 6.23. The summed E-state index contributed by atoms with van der Waals surface area (Å²) in [4.78, 5) is 13.6. The lowest BCUT2D eigenvalue weighted by molar-refractivity contribution is 0.1000. The zero-order chi connectivity index (χ0) is 20.1. The van der Waals surface area contributed by atoms with Gasteiger partial charge in [-0.05, 0) is 67.7 Å². The van der Waals surface area contributed by atoms with Crippen molar-refractivity contribution < 1.29 is 13.2 Å². The van der Waals surface area contributed by atoms with Gasteiger partial charge in [-0.1, -0.05) is 29.8 Å². The van der Waals surface area contributed by atoms with Crippen LogP contribution in [0.2, 0.25) is 5.02 Å². The minimum absolute atomic E-state index is 0.133. The standard InChI is InChI=1S/C20H24ClN3O3S/c21-19-4-2-1-3-17(19)14-24-11-9-15(10-12-24)13-23-28(26,27)18-7-5-16(6-8-18)20(22)25/h1-8,15,23H,9-14H2,(H2,22,25).